The summed E-state index contributed by atoms with van der Waals surface area (Å²) in [5.41, 5.74) is 4.13. The molecule has 0 aliphatic carbocycles. The van der Waals surface area contributed by atoms with E-state index in [1.54, 1.807) is 6.92 Å². The third-order valence-electron chi connectivity index (χ3n) is 2.50. The van der Waals surface area contributed by atoms with Crippen LogP contribution in [0.25, 0.3) is 0 Å². The number of aliphatic hydroxyl groups is 1. The first-order valence-electron chi connectivity index (χ1n) is 6.64. The van der Waals surface area contributed by atoms with Gasteiger partial charge >= 0.3 is 11.9 Å². The van der Waals surface area contributed by atoms with Crippen LogP contribution in [0.4, 0.5) is 0 Å². The quantitative estimate of drug-likeness (QED) is 0.377. The second kappa shape index (κ2) is 11.9. The number of rotatable bonds is 9. The zero-order valence-electron chi connectivity index (χ0n) is 11.9. The SMILES string of the molecule is CCC(C)(N)O.O=C(O)CCCCCCCC(=O)O. The molecule has 0 fully saturated rings. The molecular weight excluding hydrogens is 250 g/mol. The van der Waals surface area contributed by atoms with Crippen LogP contribution in [0.2, 0.25) is 0 Å². The fourth-order valence-corrected chi connectivity index (χ4v) is 1.08. The molecule has 0 aromatic carbocycles. The molecule has 0 radical (unpaired) electrons. The molecule has 1 unspecified atom stereocenters. The summed E-state index contributed by atoms with van der Waals surface area (Å²) in [5.74, 6) is -1.52. The van der Waals surface area contributed by atoms with Gasteiger partial charge in [-0.2, -0.15) is 0 Å². The average Bonchev–Trinajstić information content (AvgIpc) is 2.27. The van der Waals surface area contributed by atoms with E-state index in [1.165, 1.54) is 0 Å². The second-order valence-corrected chi connectivity index (χ2v) is 4.77. The number of aliphatic carboxylic acids is 2. The third-order valence-corrected chi connectivity index (χ3v) is 2.50. The maximum atomic E-state index is 10.1. The van der Waals surface area contributed by atoms with Crippen molar-refractivity contribution in [3.05, 3.63) is 0 Å². The lowest BCUT2D eigenvalue weighted by Crippen LogP contribution is -2.34. The Morgan fingerprint density at radius 1 is 0.947 bits per heavy atom. The summed E-state index contributed by atoms with van der Waals surface area (Å²) >= 11 is 0. The van der Waals surface area contributed by atoms with Gasteiger partial charge in [0.2, 0.25) is 0 Å². The molecule has 0 spiro atoms. The summed E-state index contributed by atoms with van der Waals surface area (Å²) in [7, 11) is 0. The highest BCUT2D eigenvalue weighted by atomic mass is 16.4. The van der Waals surface area contributed by atoms with Crippen molar-refractivity contribution in [1.29, 1.82) is 0 Å². The Labute approximate surface area is 114 Å². The van der Waals surface area contributed by atoms with E-state index >= 15 is 0 Å². The van der Waals surface area contributed by atoms with Crippen LogP contribution < -0.4 is 5.73 Å². The highest BCUT2D eigenvalue weighted by Crippen LogP contribution is 2.06. The van der Waals surface area contributed by atoms with Crippen LogP contribution in [0.15, 0.2) is 0 Å². The number of hydrogen-bond donors (Lipinski definition) is 4. The number of carboxylic acid groups (broad SMARTS) is 2. The van der Waals surface area contributed by atoms with Crippen molar-refractivity contribution in [1.82, 2.24) is 0 Å². The standard InChI is InChI=1S/C9H16O4.C4H11NO/c10-8(11)6-4-2-1-3-5-7-9(12)13;1-3-4(2,5)6/h1-7H2,(H,10,11)(H,12,13);6H,3,5H2,1-2H3. The van der Waals surface area contributed by atoms with Gasteiger partial charge in [0.15, 0.2) is 0 Å². The Morgan fingerprint density at radius 3 is 1.42 bits per heavy atom. The van der Waals surface area contributed by atoms with Crippen molar-refractivity contribution >= 4 is 11.9 Å². The molecule has 1 atom stereocenters. The average molecular weight is 277 g/mol. The van der Waals surface area contributed by atoms with Crippen molar-refractivity contribution in [3.63, 3.8) is 0 Å². The predicted octanol–water partition coefficient (Wildman–Crippen LogP) is 1.95. The summed E-state index contributed by atoms with van der Waals surface area (Å²) in [4.78, 5) is 20.2. The number of unbranched alkanes of at least 4 members (excludes halogenated alkanes) is 4. The van der Waals surface area contributed by atoms with E-state index in [9.17, 15) is 9.59 Å². The summed E-state index contributed by atoms with van der Waals surface area (Å²) in [5, 5.41) is 25.2. The molecule has 0 bridgehead atoms. The van der Waals surface area contributed by atoms with Crippen LogP contribution in [0.3, 0.4) is 0 Å². The van der Waals surface area contributed by atoms with Gasteiger partial charge in [0.05, 0.1) is 0 Å². The topological polar surface area (TPSA) is 121 Å². The van der Waals surface area contributed by atoms with Gasteiger partial charge in [-0.25, -0.2) is 0 Å². The van der Waals surface area contributed by atoms with Crippen LogP contribution >= 0.6 is 0 Å². The molecule has 0 saturated carbocycles. The normalized spacial score (nSPS) is 13.1. The smallest absolute Gasteiger partial charge is 0.303 e. The third kappa shape index (κ3) is 26.5. The van der Waals surface area contributed by atoms with Crippen molar-refractivity contribution < 1.29 is 24.9 Å². The molecule has 0 amide bonds. The van der Waals surface area contributed by atoms with E-state index in [1.807, 2.05) is 6.92 Å². The number of carboxylic acids is 2. The van der Waals surface area contributed by atoms with Crippen LogP contribution in [0.5, 0.6) is 0 Å². The van der Waals surface area contributed by atoms with Crippen molar-refractivity contribution in [2.24, 2.45) is 5.73 Å². The van der Waals surface area contributed by atoms with Gasteiger partial charge in [0.25, 0.3) is 0 Å². The molecule has 6 nitrogen and oxygen atoms in total. The molecule has 5 N–H and O–H groups in total. The fraction of sp³-hybridized carbons (Fsp3) is 0.846. The van der Waals surface area contributed by atoms with E-state index in [0.29, 0.717) is 19.3 Å². The lowest BCUT2D eigenvalue weighted by Gasteiger charge is -2.11. The van der Waals surface area contributed by atoms with Gasteiger partial charge in [-0.05, 0) is 26.2 Å². The lowest BCUT2D eigenvalue weighted by molar-refractivity contribution is -0.138. The Balaban J connectivity index is 0. The number of nitrogens with two attached hydrogens (primary N) is 1. The summed E-state index contributed by atoms with van der Waals surface area (Å²) in [6.07, 6.45) is 5.13. The Kier molecular flexibility index (Phi) is 12.7. The predicted molar refractivity (Wildman–Crippen MR) is 72.7 cm³/mol. The molecule has 0 aliphatic rings. The van der Waals surface area contributed by atoms with Gasteiger partial charge in [0, 0.05) is 12.8 Å². The van der Waals surface area contributed by atoms with Gasteiger partial charge < -0.3 is 21.1 Å². The van der Waals surface area contributed by atoms with Gasteiger partial charge in [0.1, 0.15) is 5.72 Å². The first kappa shape index (κ1) is 20.2. The molecule has 0 heterocycles. The van der Waals surface area contributed by atoms with Crippen molar-refractivity contribution in [2.45, 2.75) is 70.9 Å². The van der Waals surface area contributed by atoms with E-state index < -0.39 is 17.7 Å². The highest BCUT2D eigenvalue weighted by Gasteiger charge is 2.06. The van der Waals surface area contributed by atoms with Crippen molar-refractivity contribution in [2.75, 3.05) is 0 Å². The van der Waals surface area contributed by atoms with Crippen molar-refractivity contribution in [3.8, 4) is 0 Å². The largest absolute Gasteiger partial charge is 0.481 e. The summed E-state index contributed by atoms with van der Waals surface area (Å²) in [6, 6.07) is 0. The Morgan fingerprint density at radius 2 is 1.21 bits per heavy atom. The highest BCUT2D eigenvalue weighted by molar-refractivity contribution is 5.66. The first-order chi connectivity index (χ1) is 8.69. The maximum absolute atomic E-state index is 10.1. The van der Waals surface area contributed by atoms with Crippen LogP contribution in [-0.4, -0.2) is 33.0 Å². The first-order valence-corrected chi connectivity index (χ1v) is 6.64. The van der Waals surface area contributed by atoms with E-state index in [0.717, 1.165) is 19.3 Å². The molecule has 0 aliphatic heterocycles. The monoisotopic (exact) mass is 277 g/mol. The zero-order chi connectivity index (χ0) is 15.3. The molecule has 0 aromatic rings. The van der Waals surface area contributed by atoms with Gasteiger partial charge in [-0.1, -0.05) is 26.2 Å². The second-order valence-electron chi connectivity index (χ2n) is 4.77. The minimum Gasteiger partial charge on any atom is -0.481 e. The molecule has 0 rings (SSSR count). The molecule has 19 heavy (non-hydrogen) atoms. The minimum absolute atomic E-state index is 0.221. The van der Waals surface area contributed by atoms with Crippen LogP contribution in [0, 0.1) is 0 Å². The van der Waals surface area contributed by atoms with Gasteiger partial charge in [-0.3, -0.25) is 9.59 Å². The molecule has 0 saturated heterocycles. The molecule has 114 valence electrons. The fourth-order valence-electron chi connectivity index (χ4n) is 1.08. The zero-order valence-corrected chi connectivity index (χ0v) is 11.9. The Bertz CT molecular complexity index is 230. The molecule has 0 aromatic heterocycles. The maximum Gasteiger partial charge on any atom is 0.303 e. The minimum atomic E-state index is -0.958. The number of hydrogen-bond acceptors (Lipinski definition) is 4. The molecule has 6 heteroatoms. The summed E-state index contributed by atoms with van der Waals surface area (Å²) in [6.45, 7) is 3.41. The molecular formula is C13H27NO5. The van der Waals surface area contributed by atoms with E-state index in [2.05, 4.69) is 0 Å². The van der Waals surface area contributed by atoms with Gasteiger partial charge in [-0.15, -0.1) is 0 Å². The number of carbonyl (C=O) groups is 2. The van der Waals surface area contributed by atoms with E-state index in [4.69, 9.17) is 21.1 Å². The Hall–Kier alpha value is -1.14. The van der Waals surface area contributed by atoms with Crippen LogP contribution in [0.1, 0.15) is 65.2 Å². The lowest BCUT2D eigenvalue weighted by atomic mass is 10.1. The van der Waals surface area contributed by atoms with Crippen LogP contribution in [-0.2, 0) is 9.59 Å². The van der Waals surface area contributed by atoms with E-state index in [-0.39, 0.29) is 12.8 Å². The summed E-state index contributed by atoms with van der Waals surface area (Å²) < 4.78 is 0.